The van der Waals surface area contributed by atoms with Gasteiger partial charge in [-0.3, -0.25) is 4.79 Å². The van der Waals surface area contributed by atoms with Crippen molar-refractivity contribution in [3.63, 3.8) is 0 Å². The highest BCUT2D eigenvalue weighted by Gasteiger charge is 2.11. The molecule has 3 nitrogen and oxygen atoms in total. The molecule has 0 saturated heterocycles. The largest absolute Gasteiger partial charge is 0.385 e. The monoisotopic (exact) mass is 352 g/mol. The van der Waals surface area contributed by atoms with E-state index in [4.69, 9.17) is 11.6 Å². The number of carbonyl (C=O) groups is 1. The van der Waals surface area contributed by atoms with E-state index in [2.05, 4.69) is 26.6 Å². The van der Waals surface area contributed by atoms with Crippen LogP contribution >= 0.6 is 27.5 Å². The SMILES string of the molecule is CCNc1ccccc1C(=O)Nc1ccc(Br)c(Cl)c1. The Labute approximate surface area is 131 Å². The number of nitrogens with one attached hydrogen (secondary N) is 2. The summed E-state index contributed by atoms with van der Waals surface area (Å²) in [6.45, 7) is 2.75. The predicted molar refractivity (Wildman–Crippen MR) is 87.7 cm³/mol. The molecular weight excluding hydrogens is 340 g/mol. The molecule has 0 aliphatic carbocycles. The molecule has 0 aliphatic rings. The number of hydrogen-bond donors (Lipinski definition) is 2. The van der Waals surface area contributed by atoms with Crippen molar-refractivity contribution in [1.29, 1.82) is 0 Å². The quantitative estimate of drug-likeness (QED) is 0.830. The van der Waals surface area contributed by atoms with Crippen LogP contribution in [0, 0.1) is 0 Å². The first-order valence-corrected chi connectivity index (χ1v) is 7.38. The molecule has 104 valence electrons. The summed E-state index contributed by atoms with van der Waals surface area (Å²) in [6.07, 6.45) is 0. The van der Waals surface area contributed by atoms with Crippen LogP contribution in [0.3, 0.4) is 0 Å². The molecule has 0 fully saturated rings. The van der Waals surface area contributed by atoms with Crippen LogP contribution < -0.4 is 10.6 Å². The first kappa shape index (κ1) is 14.9. The molecule has 2 aromatic rings. The standard InChI is InChI=1S/C15H14BrClN2O/c1-2-18-14-6-4-3-5-11(14)15(20)19-10-7-8-12(16)13(17)9-10/h3-9,18H,2H2,1H3,(H,19,20). The molecule has 2 rings (SSSR count). The van der Waals surface area contributed by atoms with E-state index in [0.29, 0.717) is 16.3 Å². The van der Waals surface area contributed by atoms with Gasteiger partial charge in [-0.05, 0) is 53.2 Å². The normalized spacial score (nSPS) is 10.2. The van der Waals surface area contributed by atoms with E-state index < -0.39 is 0 Å². The maximum atomic E-state index is 12.3. The van der Waals surface area contributed by atoms with Crippen molar-refractivity contribution in [3.05, 3.63) is 57.5 Å². The Morgan fingerprint density at radius 1 is 1.25 bits per heavy atom. The third-order valence-corrected chi connectivity index (χ3v) is 3.95. The lowest BCUT2D eigenvalue weighted by Gasteiger charge is -2.11. The minimum absolute atomic E-state index is 0.167. The van der Waals surface area contributed by atoms with E-state index in [1.165, 1.54) is 0 Å². The zero-order chi connectivity index (χ0) is 14.5. The van der Waals surface area contributed by atoms with Crippen molar-refractivity contribution in [2.45, 2.75) is 6.92 Å². The Morgan fingerprint density at radius 2 is 2.00 bits per heavy atom. The van der Waals surface area contributed by atoms with E-state index in [1.807, 2.05) is 25.1 Å². The molecule has 0 bridgehead atoms. The van der Waals surface area contributed by atoms with Gasteiger partial charge in [-0.15, -0.1) is 0 Å². The van der Waals surface area contributed by atoms with E-state index >= 15 is 0 Å². The number of benzene rings is 2. The van der Waals surface area contributed by atoms with Gasteiger partial charge in [0.2, 0.25) is 0 Å². The Kier molecular flexibility index (Phi) is 5.04. The molecular formula is C15H14BrClN2O. The Hall–Kier alpha value is -1.52. The zero-order valence-electron chi connectivity index (χ0n) is 10.9. The van der Waals surface area contributed by atoms with Crippen molar-refractivity contribution in [2.75, 3.05) is 17.2 Å². The summed E-state index contributed by atoms with van der Waals surface area (Å²) in [5, 5.41) is 6.57. The van der Waals surface area contributed by atoms with Gasteiger partial charge in [-0.25, -0.2) is 0 Å². The smallest absolute Gasteiger partial charge is 0.257 e. The van der Waals surface area contributed by atoms with Crippen LogP contribution in [-0.4, -0.2) is 12.5 Å². The molecule has 0 atom stereocenters. The van der Waals surface area contributed by atoms with E-state index in [9.17, 15) is 4.79 Å². The third-order valence-electron chi connectivity index (χ3n) is 2.72. The number of halogens is 2. The van der Waals surface area contributed by atoms with Crippen LogP contribution in [0.25, 0.3) is 0 Å². The topological polar surface area (TPSA) is 41.1 Å². The molecule has 0 unspecified atom stereocenters. The molecule has 2 aromatic carbocycles. The second-order valence-electron chi connectivity index (χ2n) is 4.16. The lowest BCUT2D eigenvalue weighted by atomic mass is 10.1. The second kappa shape index (κ2) is 6.77. The van der Waals surface area contributed by atoms with Gasteiger partial charge in [0.1, 0.15) is 0 Å². The lowest BCUT2D eigenvalue weighted by molar-refractivity contribution is 0.102. The first-order chi connectivity index (χ1) is 9.61. The molecule has 20 heavy (non-hydrogen) atoms. The van der Waals surface area contributed by atoms with E-state index in [-0.39, 0.29) is 5.91 Å². The summed E-state index contributed by atoms with van der Waals surface area (Å²) < 4.78 is 0.796. The Morgan fingerprint density at radius 3 is 2.70 bits per heavy atom. The minimum Gasteiger partial charge on any atom is -0.385 e. The average Bonchev–Trinajstić information content (AvgIpc) is 2.44. The van der Waals surface area contributed by atoms with Gasteiger partial charge in [-0.2, -0.15) is 0 Å². The summed E-state index contributed by atoms with van der Waals surface area (Å²) in [4.78, 5) is 12.3. The number of anilines is 2. The molecule has 0 aromatic heterocycles. The maximum absolute atomic E-state index is 12.3. The van der Waals surface area contributed by atoms with Gasteiger partial charge in [0.25, 0.3) is 5.91 Å². The molecule has 2 N–H and O–H groups in total. The van der Waals surface area contributed by atoms with Crippen molar-refractivity contribution < 1.29 is 4.79 Å². The van der Waals surface area contributed by atoms with Crippen LogP contribution in [0.1, 0.15) is 17.3 Å². The van der Waals surface area contributed by atoms with E-state index in [0.717, 1.165) is 16.7 Å². The maximum Gasteiger partial charge on any atom is 0.257 e. The van der Waals surface area contributed by atoms with Crippen molar-refractivity contribution in [2.24, 2.45) is 0 Å². The fourth-order valence-corrected chi connectivity index (χ4v) is 2.23. The summed E-state index contributed by atoms with van der Waals surface area (Å²) in [7, 11) is 0. The summed E-state index contributed by atoms with van der Waals surface area (Å²) in [5.74, 6) is -0.167. The average molecular weight is 354 g/mol. The van der Waals surface area contributed by atoms with Gasteiger partial charge >= 0.3 is 0 Å². The number of carbonyl (C=O) groups excluding carboxylic acids is 1. The fraction of sp³-hybridized carbons (Fsp3) is 0.133. The highest BCUT2D eigenvalue weighted by molar-refractivity contribution is 9.10. The van der Waals surface area contributed by atoms with Crippen molar-refractivity contribution in [1.82, 2.24) is 0 Å². The van der Waals surface area contributed by atoms with Gasteiger partial charge in [0, 0.05) is 22.4 Å². The molecule has 0 radical (unpaired) electrons. The third kappa shape index (κ3) is 3.52. The van der Waals surface area contributed by atoms with Crippen LogP contribution in [0.5, 0.6) is 0 Å². The highest BCUT2D eigenvalue weighted by atomic mass is 79.9. The Balaban J connectivity index is 2.21. The van der Waals surface area contributed by atoms with Gasteiger partial charge in [0.05, 0.1) is 10.6 Å². The summed E-state index contributed by atoms with van der Waals surface area (Å²) in [5.41, 5.74) is 2.08. The summed E-state index contributed by atoms with van der Waals surface area (Å²) >= 11 is 9.33. The van der Waals surface area contributed by atoms with Gasteiger partial charge in [-0.1, -0.05) is 23.7 Å². The van der Waals surface area contributed by atoms with Crippen LogP contribution in [0.4, 0.5) is 11.4 Å². The Bertz CT molecular complexity index is 631. The highest BCUT2D eigenvalue weighted by Crippen LogP contribution is 2.26. The number of amides is 1. The number of para-hydroxylation sites is 1. The molecule has 0 heterocycles. The second-order valence-corrected chi connectivity index (χ2v) is 5.42. The van der Waals surface area contributed by atoms with Crippen LogP contribution in [0.15, 0.2) is 46.9 Å². The number of rotatable bonds is 4. The summed E-state index contributed by atoms with van der Waals surface area (Å²) in [6, 6.07) is 12.7. The molecule has 0 spiro atoms. The van der Waals surface area contributed by atoms with Gasteiger partial charge in [0.15, 0.2) is 0 Å². The van der Waals surface area contributed by atoms with Crippen LogP contribution in [-0.2, 0) is 0 Å². The lowest BCUT2D eigenvalue weighted by Crippen LogP contribution is -2.14. The van der Waals surface area contributed by atoms with Gasteiger partial charge < -0.3 is 10.6 Å². The van der Waals surface area contributed by atoms with Crippen molar-refractivity contribution >= 4 is 44.8 Å². The predicted octanol–water partition coefficient (Wildman–Crippen LogP) is 4.79. The molecule has 1 amide bonds. The van der Waals surface area contributed by atoms with Crippen LogP contribution in [0.2, 0.25) is 5.02 Å². The minimum atomic E-state index is -0.167. The molecule has 0 aliphatic heterocycles. The molecule has 0 saturated carbocycles. The van der Waals surface area contributed by atoms with Crippen molar-refractivity contribution in [3.8, 4) is 0 Å². The zero-order valence-corrected chi connectivity index (χ0v) is 13.3. The molecule has 5 heteroatoms. The first-order valence-electron chi connectivity index (χ1n) is 6.21. The fourth-order valence-electron chi connectivity index (χ4n) is 1.80. The van der Waals surface area contributed by atoms with E-state index in [1.54, 1.807) is 24.3 Å². The number of hydrogen-bond acceptors (Lipinski definition) is 2.